The van der Waals surface area contributed by atoms with Crippen molar-refractivity contribution in [1.29, 1.82) is 0 Å². The summed E-state index contributed by atoms with van der Waals surface area (Å²) in [7, 11) is -1.76. The molecule has 13 heavy (non-hydrogen) atoms. The summed E-state index contributed by atoms with van der Waals surface area (Å²) in [5, 5.41) is 0.179. The Bertz CT molecular complexity index is 331. The molecule has 0 amide bonds. The van der Waals surface area contributed by atoms with Crippen LogP contribution >= 0.6 is 11.6 Å². The minimum absolute atomic E-state index is 0.389. The monoisotopic (exact) mass is 220 g/mol. The predicted octanol–water partition coefficient (Wildman–Crippen LogP) is 3.16. The first-order chi connectivity index (χ1) is 5.84. The van der Waals surface area contributed by atoms with Crippen molar-refractivity contribution >= 4 is 24.9 Å². The smallest absolute Gasteiger partial charge is 0.144 e. The molecule has 0 atom stereocenters. The van der Waals surface area contributed by atoms with Gasteiger partial charge >= 0.3 is 0 Å². The molecule has 1 rings (SSSR count). The molecule has 0 aliphatic rings. The van der Waals surface area contributed by atoms with Crippen LogP contribution in [0, 0.1) is 11.6 Å². The van der Waals surface area contributed by atoms with Crippen LogP contribution in [-0.4, -0.2) is 8.07 Å². The summed E-state index contributed by atoms with van der Waals surface area (Å²) in [5.41, 5.74) is 0. The van der Waals surface area contributed by atoms with Gasteiger partial charge in [-0.05, 0) is 11.3 Å². The van der Waals surface area contributed by atoms with Crippen molar-refractivity contribution in [2.45, 2.75) is 19.6 Å². The van der Waals surface area contributed by atoms with Gasteiger partial charge in [0.25, 0.3) is 0 Å². The molecule has 0 N–H and O–H groups in total. The molecule has 0 nitrogen and oxygen atoms in total. The lowest BCUT2D eigenvalue weighted by Gasteiger charge is -2.17. The molecule has 72 valence electrons. The first-order valence-corrected chi connectivity index (χ1v) is 7.86. The van der Waals surface area contributed by atoms with E-state index in [4.69, 9.17) is 11.6 Å². The van der Waals surface area contributed by atoms with Gasteiger partial charge in [0.1, 0.15) is 16.7 Å². The average Bonchev–Trinajstić information content (AvgIpc) is 1.98. The average molecular weight is 221 g/mol. The van der Waals surface area contributed by atoms with Gasteiger partial charge in [0.2, 0.25) is 0 Å². The number of benzene rings is 1. The minimum Gasteiger partial charge on any atom is -0.205 e. The van der Waals surface area contributed by atoms with E-state index in [1.165, 1.54) is 12.1 Å². The maximum Gasteiger partial charge on any atom is 0.144 e. The van der Waals surface area contributed by atoms with E-state index in [1.54, 1.807) is 0 Å². The van der Waals surface area contributed by atoms with E-state index < -0.39 is 19.7 Å². The third-order valence-electron chi connectivity index (χ3n) is 1.84. The number of halogens is 3. The van der Waals surface area contributed by atoms with Crippen LogP contribution in [0.3, 0.4) is 0 Å². The summed E-state index contributed by atoms with van der Waals surface area (Å²) >= 11 is 5.46. The van der Waals surface area contributed by atoms with Crippen molar-refractivity contribution in [1.82, 2.24) is 0 Å². The second-order valence-electron chi connectivity index (χ2n) is 3.97. The Kier molecular flexibility index (Phi) is 2.78. The van der Waals surface area contributed by atoms with E-state index in [2.05, 4.69) is 0 Å². The molecular weight excluding hydrogens is 210 g/mol. The fraction of sp³-hybridized carbons (Fsp3) is 0.333. The van der Waals surface area contributed by atoms with Gasteiger partial charge in [-0.15, -0.1) is 0 Å². The molecule has 1 aromatic carbocycles. The van der Waals surface area contributed by atoms with Gasteiger partial charge in [0, 0.05) is 0 Å². The first kappa shape index (κ1) is 10.7. The van der Waals surface area contributed by atoms with Crippen LogP contribution in [0.2, 0.25) is 24.7 Å². The van der Waals surface area contributed by atoms with E-state index in [-0.39, 0.29) is 5.02 Å². The highest BCUT2D eigenvalue weighted by Crippen LogP contribution is 2.19. The van der Waals surface area contributed by atoms with Crippen LogP contribution in [0.15, 0.2) is 12.1 Å². The summed E-state index contributed by atoms with van der Waals surface area (Å²) in [6, 6.07) is 2.71. The van der Waals surface area contributed by atoms with Crippen LogP contribution in [0.4, 0.5) is 8.78 Å². The highest BCUT2D eigenvalue weighted by Gasteiger charge is 2.23. The molecule has 0 aliphatic carbocycles. The summed E-state index contributed by atoms with van der Waals surface area (Å²) in [5.74, 6) is -1.29. The summed E-state index contributed by atoms with van der Waals surface area (Å²) < 4.78 is 26.2. The second kappa shape index (κ2) is 3.39. The normalized spacial score (nSPS) is 11.8. The fourth-order valence-corrected chi connectivity index (χ4v) is 2.72. The molecule has 0 aromatic heterocycles. The van der Waals surface area contributed by atoms with Crippen molar-refractivity contribution in [2.75, 3.05) is 0 Å². The molecule has 0 heterocycles. The van der Waals surface area contributed by atoms with Crippen molar-refractivity contribution < 1.29 is 8.78 Å². The molecule has 0 aliphatic heterocycles. The van der Waals surface area contributed by atoms with Crippen LogP contribution in [-0.2, 0) is 0 Å². The largest absolute Gasteiger partial charge is 0.205 e. The maximum atomic E-state index is 13.4. The van der Waals surface area contributed by atoms with Gasteiger partial charge < -0.3 is 0 Å². The molecule has 0 saturated heterocycles. The number of rotatable bonds is 1. The van der Waals surface area contributed by atoms with Crippen LogP contribution in [0.1, 0.15) is 0 Å². The molecule has 4 heteroatoms. The molecule has 0 bridgehead atoms. The van der Waals surface area contributed by atoms with Gasteiger partial charge in [-0.3, -0.25) is 0 Å². The third-order valence-corrected chi connectivity index (χ3v) is 4.19. The van der Waals surface area contributed by atoms with Crippen LogP contribution < -0.4 is 5.19 Å². The lowest BCUT2D eigenvalue weighted by molar-refractivity contribution is 0.588. The van der Waals surface area contributed by atoms with E-state index in [9.17, 15) is 8.78 Å². The van der Waals surface area contributed by atoms with Gasteiger partial charge in [0.15, 0.2) is 0 Å². The zero-order valence-electron chi connectivity index (χ0n) is 7.79. The van der Waals surface area contributed by atoms with Gasteiger partial charge in [-0.2, -0.15) is 0 Å². The van der Waals surface area contributed by atoms with Crippen LogP contribution in [0.5, 0.6) is 0 Å². The molecule has 1 aromatic rings. The fourth-order valence-electron chi connectivity index (χ4n) is 1.11. The zero-order chi connectivity index (χ0) is 10.2. The Balaban J connectivity index is 3.35. The van der Waals surface area contributed by atoms with Crippen molar-refractivity contribution in [3.05, 3.63) is 28.8 Å². The number of hydrogen-bond acceptors (Lipinski definition) is 0. The van der Waals surface area contributed by atoms with E-state index in [0.717, 1.165) is 0 Å². The quantitative estimate of drug-likeness (QED) is 0.504. The summed E-state index contributed by atoms with van der Waals surface area (Å²) in [6.07, 6.45) is 0. The second-order valence-corrected chi connectivity index (χ2v) is 9.39. The predicted molar refractivity (Wildman–Crippen MR) is 54.3 cm³/mol. The van der Waals surface area contributed by atoms with Gasteiger partial charge in [0.05, 0.1) is 8.07 Å². The van der Waals surface area contributed by atoms with Crippen LogP contribution in [0.25, 0.3) is 0 Å². The Morgan fingerprint density at radius 1 is 1.15 bits per heavy atom. The highest BCUT2D eigenvalue weighted by atomic mass is 35.5. The highest BCUT2D eigenvalue weighted by molar-refractivity contribution is 6.88. The molecule has 0 radical (unpaired) electrons. The minimum atomic E-state index is -1.76. The summed E-state index contributed by atoms with van der Waals surface area (Å²) in [4.78, 5) is 0. The Morgan fingerprint density at radius 3 is 2.15 bits per heavy atom. The third kappa shape index (κ3) is 2.09. The Morgan fingerprint density at radius 2 is 1.69 bits per heavy atom. The number of hydrogen-bond donors (Lipinski definition) is 0. The Labute approximate surface area is 82.5 Å². The molecule has 0 fully saturated rings. The first-order valence-electron chi connectivity index (χ1n) is 3.98. The molecule has 0 saturated carbocycles. The Hall–Kier alpha value is -0.413. The standard InChI is InChI=1S/C9H11ClF2Si/c1-13(2,3)7-5-4-6(11)8(10)9(7)12/h4-5H,1-3H3. The molecule has 0 unspecified atom stereocenters. The lowest BCUT2D eigenvalue weighted by Crippen LogP contribution is -2.40. The topological polar surface area (TPSA) is 0 Å². The molecular formula is C9H11ClF2Si. The molecule has 0 spiro atoms. The zero-order valence-corrected chi connectivity index (χ0v) is 9.54. The van der Waals surface area contributed by atoms with E-state index in [1.807, 2.05) is 19.6 Å². The van der Waals surface area contributed by atoms with E-state index >= 15 is 0 Å². The van der Waals surface area contributed by atoms with E-state index in [0.29, 0.717) is 5.19 Å². The van der Waals surface area contributed by atoms with Crippen molar-refractivity contribution in [2.24, 2.45) is 0 Å². The maximum absolute atomic E-state index is 13.4. The lowest BCUT2D eigenvalue weighted by atomic mass is 10.3. The van der Waals surface area contributed by atoms with Crippen molar-refractivity contribution in [3.63, 3.8) is 0 Å². The van der Waals surface area contributed by atoms with Gasteiger partial charge in [-0.1, -0.05) is 37.3 Å². The SMILES string of the molecule is C[Si](C)(C)c1ccc(F)c(Cl)c1F. The van der Waals surface area contributed by atoms with Gasteiger partial charge in [-0.25, -0.2) is 8.78 Å². The summed E-state index contributed by atoms with van der Waals surface area (Å²) in [6.45, 7) is 5.96. The van der Waals surface area contributed by atoms with Crippen molar-refractivity contribution in [3.8, 4) is 0 Å².